The zero-order valence-corrected chi connectivity index (χ0v) is 14.9. The Kier molecular flexibility index (Phi) is 5.10. The molecule has 0 fully saturated rings. The average molecular weight is 333 g/mol. The Labute approximate surface area is 148 Å². The lowest BCUT2D eigenvalue weighted by Gasteiger charge is -2.25. The standard InChI is InChI=1S/C21H23N3O/c1-15-8-10-17(11-9-15)19(24(2)3)14-23-21(25)20-18-7-5-4-6-16(18)12-13-22-20/h4-13,19H,14H2,1-3H3,(H,23,25). The highest BCUT2D eigenvalue weighted by atomic mass is 16.1. The van der Waals surface area contributed by atoms with Crippen LogP contribution in [0.25, 0.3) is 10.8 Å². The van der Waals surface area contributed by atoms with Crippen molar-refractivity contribution in [2.75, 3.05) is 20.6 Å². The van der Waals surface area contributed by atoms with Gasteiger partial charge in [0.15, 0.2) is 0 Å². The fourth-order valence-electron chi connectivity index (χ4n) is 2.96. The van der Waals surface area contributed by atoms with Crippen molar-refractivity contribution in [1.82, 2.24) is 15.2 Å². The summed E-state index contributed by atoms with van der Waals surface area (Å²) in [5, 5.41) is 4.94. The van der Waals surface area contributed by atoms with Crippen LogP contribution in [0.3, 0.4) is 0 Å². The zero-order chi connectivity index (χ0) is 17.8. The van der Waals surface area contributed by atoms with Crippen molar-refractivity contribution in [3.05, 3.63) is 77.6 Å². The van der Waals surface area contributed by atoms with Crippen LogP contribution in [0.4, 0.5) is 0 Å². The molecule has 1 atom stereocenters. The number of fused-ring (bicyclic) bond motifs is 1. The van der Waals surface area contributed by atoms with Crippen LogP contribution in [0.15, 0.2) is 60.8 Å². The smallest absolute Gasteiger partial charge is 0.270 e. The van der Waals surface area contributed by atoms with Crippen molar-refractivity contribution in [3.8, 4) is 0 Å². The van der Waals surface area contributed by atoms with E-state index in [2.05, 4.69) is 46.4 Å². The molecule has 0 bridgehead atoms. The summed E-state index contributed by atoms with van der Waals surface area (Å²) >= 11 is 0. The number of aromatic nitrogens is 1. The summed E-state index contributed by atoms with van der Waals surface area (Å²) in [6.45, 7) is 2.60. The van der Waals surface area contributed by atoms with Crippen LogP contribution in [-0.2, 0) is 0 Å². The van der Waals surface area contributed by atoms with Gasteiger partial charge in [0.2, 0.25) is 0 Å². The molecule has 4 nitrogen and oxygen atoms in total. The number of nitrogens with one attached hydrogen (secondary N) is 1. The van der Waals surface area contributed by atoms with Gasteiger partial charge in [-0.3, -0.25) is 9.78 Å². The van der Waals surface area contributed by atoms with Gasteiger partial charge in [-0.25, -0.2) is 0 Å². The average Bonchev–Trinajstić information content (AvgIpc) is 2.62. The van der Waals surface area contributed by atoms with E-state index in [0.717, 1.165) is 10.8 Å². The minimum Gasteiger partial charge on any atom is -0.349 e. The first-order chi connectivity index (χ1) is 12.1. The lowest BCUT2D eigenvalue weighted by Crippen LogP contribution is -2.35. The Morgan fingerprint density at radius 3 is 2.52 bits per heavy atom. The summed E-state index contributed by atoms with van der Waals surface area (Å²) in [4.78, 5) is 19.1. The van der Waals surface area contributed by atoms with Crippen molar-refractivity contribution in [2.24, 2.45) is 0 Å². The number of hydrogen-bond acceptors (Lipinski definition) is 3. The molecule has 1 aromatic heterocycles. The highest BCUT2D eigenvalue weighted by Gasteiger charge is 2.17. The number of aryl methyl sites for hydroxylation is 1. The fraction of sp³-hybridized carbons (Fsp3) is 0.238. The maximum atomic E-state index is 12.7. The van der Waals surface area contributed by atoms with E-state index in [4.69, 9.17) is 0 Å². The Morgan fingerprint density at radius 1 is 1.08 bits per heavy atom. The third-order valence-electron chi connectivity index (χ3n) is 4.43. The Morgan fingerprint density at radius 2 is 1.80 bits per heavy atom. The summed E-state index contributed by atoms with van der Waals surface area (Å²) < 4.78 is 0. The van der Waals surface area contributed by atoms with Gasteiger partial charge >= 0.3 is 0 Å². The number of nitrogens with zero attached hydrogens (tertiary/aromatic N) is 2. The topological polar surface area (TPSA) is 45.2 Å². The van der Waals surface area contributed by atoms with E-state index < -0.39 is 0 Å². The van der Waals surface area contributed by atoms with E-state index >= 15 is 0 Å². The summed E-state index contributed by atoms with van der Waals surface area (Å²) in [7, 11) is 4.04. The van der Waals surface area contributed by atoms with Gasteiger partial charge in [0.05, 0.1) is 6.04 Å². The molecule has 0 saturated carbocycles. The number of benzene rings is 2. The normalized spacial score (nSPS) is 12.3. The number of hydrogen-bond donors (Lipinski definition) is 1. The first kappa shape index (κ1) is 17.1. The maximum Gasteiger partial charge on any atom is 0.270 e. The summed E-state index contributed by atoms with van der Waals surface area (Å²) in [5.41, 5.74) is 2.88. The number of amides is 1. The van der Waals surface area contributed by atoms with E-state index in [-0.39, 0.29) is 11.9 Å². The van der Waals surface area contributed by atoms with Crippen LogP contribution in [0.5, 0.6) is 0 Å². The Hall–Kier alpha value is -2.72. The molecule has 4 heteroatoms. The number of likely N-dealkylation sites (N-methyl/N-ethyl adjacent to an activating group) is 1. The number of pyridine rings is 1. The third kappa shape index (κ3) is 3.86. The van der Waals surface area contributed by atoms with Crippen LogP contribution in [-0.4, -0.2) is 36.4 Å². The van der Waals surface area contributed by atoms with E-state index in [1.807, 2.05) is 44.4 Å². The highest BCUT2D eigenvalue weighted by Crippen LogP contribution is 2.19. The van der Waals surface area contributed by atoms with Crippen LogP contribution in [0.1, 0.15) is 27.7 Å². The predicted octanol–water partition coefficient (Wildman–Crippen LogP) is 3.58. The molecule has 25 heavy (non-hydrogen) atoms. The molecule has 0 saturated heterocycles. The van der Waals surface area contributed by atoms with E-state index in [9.17, 15) is 4.79 Å². The summed E-state index contributed by atoms with van der Waals surface area (Å²) in [5.74, 6) is -0.143. The number of rotatable bonds is 5. The molecular weight excluding hydrogens is 310 g/mol. The van der Waals surface area contributed by atoms with Gasteiger partial charge in [0, 0.05) is 18.1 Å². The van der Waals surface area contributed by atoms with E-state index in [1.165, 1.54) is 11.1 Å². The molecule has 2 aromatic carbocycles. The van der Waals surface area contributed by atoms with Crippen molar-refractivity contribution >= 4 is 16.7 Å². The lowest BCUT2D eigenvalue weighted by molar-refractivity contribution is 0.0939. The molecular formula is C21H23N3O. The van der Waals surface area contributed by atoms with E-state index in [0.29, 0.717) is 12.2 Å². The van der Waals surface area contributed by atoms with Crippen LogP contribution >= 0.6 is 0 Å². The largest absolute Gasteiger partial charge is 0.349 e. The molecule has 0 radical (unpaired) electrons. The first-order valence-corrected chi connectivity index (χ1v) is 8.41. The van der Waals surface area contributed by atoms with Gasteiger partial charge in [0.25, 0.3) is 5.91 Å². The number of carbonyl (C=O) groups excluding carboxylic acids is 1. The van der Waals surface area contributed by atoms with Crippen LogP contribution in [0.2, 0.25) is 0 Å². The molecule has 1 heterocycles. The molecule has 1 unspecified atom stereocenters. The van der Waals surface area contributed by atoms with Crippen molar-refractivity contribution in [3.63, 3.8) is 0 Å². The first-order valence-electron chi connectivity index (χ1n) is 8.41. The monoisotopic (exact) mass is 333 g/mol. The van der Waals surface area contributed by atoms with Gasteiger partial charge in [-0.15, -0.1) is 0 Å². The number of carbonyl (C=O) groups is 1. The molecule has 0 aliphatic rings. The van der Waals surface area contributed by atoms with Gasteiger partial charge in [-0.05, 0) is 38.0 Å². The van der Waals surface area contributed by atoms with Crippen LogP contribution in [0, 0.1) is 6.92 Å². The molecule has 3 aromatic rings. The Balaban J connectivity index is 1.78. The van der Waals surface area contributed by atoms with Gasteiger partial charge in [-0.1, -0.05) is 54.1 Å². The summed E-state index contributed by atoms with van der Waals surface area (Å²) in [6.07, 6.45) is 1.68. The quantitative estimate of drug-likeness (QED) is 0.776. The summed E-state index contributed by atoms with van der Waals surface area (Å²) in [6, 6.07) is 18.3. The zero-order valence-electron chi connectivity index (χ0n) is 14.9. The Bertz CT molecular complexity index is 866. The van der Waals surface area contributed by atoms with Crippen molar-refractivity contribution < 1.29 is 4.79 Å². The highest BCUT2D eigenvalue weighted by molar-refractivity contribution is 6.05. The predicted molar refractivity (Wildman–Crippen MR) is 102 cm³/mol. The van der Waals surface area contributed by atoms with Crippen molar-refractivity contribution in [2.45, 2.75) is 13.0 Å². The van der Waals surface area contributed by atoms with Gasteiger partial charge < -0.3 is 10.2 Å². The second-order valence-electron chi connectivity index (χ2n) is 6.48. The fourth-order valence-corrected chi connectivity index (χ4v) is 2.96. The lowest BCUT2D eigenvalue weighted by atomic mass is 10.0. The molecule has 0 aliphatic carbocycles. The maximum absolute atomic E-state index is 12.7. The molecule has 128 valence electrons. The molecule has 0 spiro atoms. The second-order valence-corrected chi connectivity index (χ2v) is 6.48. The second kappa shape index (κ2) is 7.45. The molecule has 1 amide bonds. The SMILES string of the molecule is Cc1ccc(C(CNC(=O)c2nccc3ccccc23)N(C)C)cc1. The molecule has 1 N–H and O–H groups in total. The molecule has 3 rings (SSSR count). The minimum atomic E-state index is -0.143. The van der Waals surface area contributed by atoms with Gasteiger partial charge in [-0.2, -0.15) is 0 Å². The van der Waals surface area contributed by atoms with Crippen LogP contribution < -0.4 is 5.32 Å². The van der Waals surface area contributed by atoms with Crippen molar-refractivity contribution in [1.29, 1.82) is 0 Å². The third-order valence-corrected chi connectivity index (χ3v) is 4.43. The minimum absolute atomic E-state index is 0.111. The van der Waals surface area contributed by atoms with Gasteiger partial charge in [0.1, 0.15) is 5.69 Å². The molecule has 0 aliphatic heterocycles. The van der Waals surface area contributed by atoms with E-state index in [1.54, 1.807) is 6.20 Å².